The first-order valence-corrected chi connectivity index (χ1v) is 5.42. The molecule has 0 aromatic heterocycles. The first-order valence-electron chi connectivity index (χ1n) is 5.42. The van der Waals surface area contributed by atoms with Gasteiger partial charge in [-0.2, -0.15) is 0 Å². The topological polar surface area (TPSA) is 29.5 Å². The van der Waals surface area contributed by atoms with Crippen LogP contribution < -0.4 is 0 Å². The van der Waals surface area contributed by atoms with E-state index in [-0.39, 0.29) is 11.8 Å². The van der Waals surface area contributed by atoms with E-state index in [0.29, 0.717) is 6.54 Å². The molecule has 0 saturated carbocycles. The molecule has 0 fully saturated rings. The number of ether oxygens (including phenoxy) is 1. The van der Waals surface area contributed by atoms with Crippen LogP contribution in [0.2, 0.25) is 0 Å². The summed E-state index contributed by atoms with van der Waals surface area (Å²) in [5, 5.41) is 0. The van der Waals surface area contributed by atoms with Crippen LogP contribution in [-0.2, 0) is 16.1 Å². The van der Waals surface area contributed by atoms with Gasteiger partial charge >= 0.3 is 5.97 Å². The molecule has 0 aliphatic heterocycles. The first kappa shape index (κ1) is 13.6. The third kappa shape index (κ3) is 3.27. The van der Waals surface area contributed by atoms with Crippen molar-refractivity contribution in [3.63, 3.8) is 0 Å². The van der Waals surface area contributed by atoms with Crippen LogP contribution in [-0.4, -0.2) is 30.6 Å². The van der Waals surface area contributed by atoms with Crippen molar-refractivity contribution in [3.8, 4) is 0 Å². The van der Waals surface area contributed by atoms with E-state index < -0.39 is 5.54 Å². The molecule has 0 unspecified atom stereocenters. The lowest BCUT2D eigenvalue weighted by Gasteiger charge is -2.32. The van der Waals surface area contributed by atoms with Gasteiger partial charge in [0.05, 0.1) is 7.11 Å². The van der Waals surface area contributed by atoms with Crippen LogP contribution in [0.1, 0.15) is 19.4 Å². The second-order valence-electron chi connectivity index (χ2n) is 4.53. The lowest BCUT2D eigenvalue weighted by Crippen LogP contribution is -2.48. The molecular weight excluding hydrogens is 221 g/mol. The molecule has 1 aromatic rings. The molecule has 0 aliphatic rings. The van der Waals surface area contributed by atoms with Crippen LogP contribution in [0.15, 0.2) is 24.3 Å². The van der Waals surface area contributed by atoms with Crippen molar-refractivity contribution in [2.75, 3.05) is 14.2 Å². The van der Waals surface area contributed by atoms with E-state index in [4.69, 9.17) is 4.74 Å². The predicted molar refractivity (Wildman–Crippen MR) is 64.0 cm³/mol. The van der Waals surface area contributed by atoms with Gasteiger partial charge in [0, 0.05) is 6.54 Å². The highest BCUT2D eigenvalue weighted by atomic mass is 19.1. The largest absolute Gasteiger partial charge is 0.468 e. The summed E-state index contributed by atoms with van der Waals surface area (Å²) in [4.78, 5) is 13.5. The third-order valence-corrected chi connectivity index (χ3v) is 2.97. The van der Waals surface area contributed by atoms with Gasteiger partial charge in [0.25, 0.3) is 0 Å². The Bertz CT molecular complexity index is 387. The number of hydrogen-bond acceptors (Lipinski definition) is 3. The van der Waals surface area contributed by atoms with Gasteiger partial charge in [-0.3, -0.25) is 9.69 Å². The Hall–Kier alpha value is -1.42. The number of likely N-dealkylation sites (N-methyl/N-ethyl adjacent to an activating group) is 1. The quantitative estimate of drug-likeness (QED) is 0.754. The fourth-order valence-electron chi connectivity index (χ4n) is 1.47. The van der Waals surface area contributed by atoms with E-state index >= 15 is 0 Å². The molecule has 1 aromatic carbocycles. The van der Waals surface area contributed by atoms with Gasteiger partial charge in [0.15, 0.2) is 0 Å². The zero-order valence-electron chi connectivity index (χ0n) is 10.7. The maximum atomic E-state index is 12.8. The molecule has 0 amide bonds. The minimum atomic E-state index is -0.705. The summed E-state index contributed by atoms with van der Waals surface area (Å²) < 4.78 is 17.5. The Morgan fingerprint density at radius 3 is 2.35 bits per heavy atom. The van der Waals surface area contributed by atoms with Crippen molar-refractivity contribution in [1.82, 2.24) is 4.90 Å². The Balaban J connectivity index is 2.75. The number of nitrogens with zero attached hydrogens (tertiary/aromatic N) is 1. The van der Waals surface area contributed by atoms with Crippen LogP contribution in [0.3, 0.4) is 0 Å². The van der Waals surface area contributed by atoms with Crippen LogP contribution in [0, 0.1) is 5.82 Å². The Kier molecular flexibility index (Phi) is 4.23. The lowest BCUT2D eigenvalue weighted by molar-refractivity contribution is -0.152. The number of carbonyl (C=O) groups excluding carboxylic acids is 1. The normalized spacial score (nSPS) is 11.6. The molecule has 0 N–H and O–H groups in total. The Morgan fingerprint density at radius 1 is 1.35 bits per heavy atom. The maximum absolute atomic E-state index is 12.8. The van der Waals surface area contributed by atoms with Crippen molar-refractivity contribution in [3.05, 3.63) is 35.6 Å². The number of methoxy groups -OCH3 is 1. The molecule has 94 valence electrons. The Labute approximate surface area is 101 Å². The maximum Gasteiger partial charge on any atom is 0.325 e. The number of hydrogen-bond donors (Lipinski definition) is 0. The van der Waals surface area contributed by atoms with Gasteiger partial charge in [0.2, 0.25) is 0 Å². The lowest BCUT2D eigenvalue weighted by atomic mass is 10.0. The van der Waals surface area contributed by atoms with Gasteiger partial charge in [-0.15, -0.1) is 0 Å². The van der Waals surface area contributed by atoms with E-state index in [0.717, 1.165) is 5.56 Å². The fraction of sp³-hybridized carbons (Fsp3) is 0.462. The minimum absolute atomic E-state index is 0.261. The summed E-state index contributed by atoms with van der Waals surface area (Å²) in [7, 11) is 3.20. The van der Waals surface area contributed by atoms with E-state index in [1.165, 1.54) is 19.2 Å². The van der Waals surface area contributed by atoms with Crippen molar-refractivity contribution < 1.29 is 13.9 Å². The number of esters is 1. The van der Waals surface area contributed by atoms with Crippen molar-refractivity contribution >= 4 is 5.97 Å². The van der Waals surface area contributed by atoms with Gasteiger partial charge < -0.3 is 4.74 Å². The zero-order valence-corrected chi connectivity index (χ0v) is 10.7. The highest BCUT2D eigenvalue weighted by molar-refractivity contribution is 5.79. The van der Waals surface area contributed by atoms with E-state index in [2.05, 4.69) is 0 Å². The molecule has 1 rings (SSSR count). The average Bonchev–Trinajstić information content (AvgIpc) is 2.30. The molecule has 0 aliphatic carbocycles. The van der Waals surface area contributed by atoms with Crippen molar-refractivity contribution in [2.45, 2.75) is 25.9 Å². The standard InChI is InChI=1S/C13H18FNO2/c1-13(2,12(16)17-4)15(3)9-10-5-7-11(14)8-6-10/h5-8H,9H2,1-4H3. The second kappa shape index (κ2) is 5.27. The van der Waals surface area contributed by atoms with Gasteiger partial charge in [-0.05, 0) is 38.6 Å². The minimum Gasteiger partial charge on any atom is -0.468 e. The number of halogens is 1. The number of rotatable bonds is 4. The summed E-state index contributed by atoms with van der Waals surface area (Å²) in [5.41, 5.74) is 0.245. The van der Waals surface area contributed by atoms with Gasteiger partial charge in [-0.25, -0.2) is 4.39 Å². The highest BCUT2D eigenvalue weighted by Crippen LogP contribution is 2.17. The number of carbonyl (C=O) groups is 1. The van der Waals surface area contributed by atoms with Gasteiger partial charge in [0.1, 0.15) is 11.4 Å². The smallest absolute Gasteiger partial charge is 0.325 e. The van der Waals surface area contributed by atoms with E-state index in [1.807, 2.05) is 11.9 Å². The molecule has 17 heavy (non-hydrogen) atoms. The summed E-state index contributed by atoms with van der Waals surface area (Å²) in [6.07, 6.45) is 0. The van der Waals surface area contributed by atoms with Gasteiger partial charge in [-0.1, -0.05) is 12.1 Å². The molecule has 0 atom stereocenters. The highest BCUT2D eigenvalue weighted by Gasteiger charge is 2.33. The van der Waals surface area contributed by atoms with Crippen molar-refractivity contribution in [2.24, 2.45) is 0 Å². The van der Waals surface area contributed by atoms with E-state index in [1.54, 1.807) is 26.0 Å². The SMILES string of the molecule is COC(=O)C(C)(C)N(C)Cc1ccc(F)cc1. The molecule has 0 saturated heterocycles. The van der Waals surface area contributed by atoms with E-state index in [9.17, 15) is 9.18 Å². The molecule has 0 heterocycles. The first-order chi connectivity index (χ1) is 7.87. The predicted octanol–water partition coefficient (Wildman–Crippen LogP) is 2.21. The molecule has 0 radical (unpaired) electrons. The summed E-state index contributed by atoms with van der Waals surface area (Å²) in [6, 6.07) is 6.24. The molecule has 0 spiro atoms. The van der Waals surface area contributed by atoms with Crippen molar-refractivity contribution in [1.29, 1.82) is 0 Å². The van der Waals surface area contributed by atoms with Crippen LogP contribution in [0.4, 0.5) is 4.39 Å². The molecule has 0 bridgehead atoms. The second-order valence-corrected chi connectivity index (χ2v) is 4.53. The average molecular weight is 239 g/mol. The monoisotopic (exact) mass is 239 g/mol. The Morgan fingerprint density at radius 2 is 1.88 bits per heavy atom. The fourth-order valence-corrected chi connectivity index (χ4v) is 1.47. The molecule has 4 heteroatoms. The summed E-state index contributed by atoms with van der Waals surface area (Å²) in [6.45, 7) is 4.15. The van der Waals surface area contributed by atoms with Crippen LogP contribution >= 0.6 is 0 Å². The zero-order chi connectivity index (χ0) is 13.1. The summed E-state index contributed by atoms with van der Waals surface area (Å²) >= 11 is 0. The third-order valence-electron chi connectivity index (χ3n) is 2.97. The number of benzene rings is 1. The van der Waals surface area contributed by atoms with Crippen LogP contribution in [0.5, 0.6) is 0 Å². The molecular formula is C13H18FNO2. The van der Waals surface area contributed by atoms with Crippen LogP contribution in [0.25, 0.3) is 0 Å². The molecule has 3 nitrogen and oxygen atoms in total. The summed E-state index contributed by atoms with van der Waals surface area (Å²) in [5.74, 6) is -0.550.